The van der Waals surface area contributed by atoms with Gasteiger partial charge in [-0.15, -0.1) is 5.10 Å². The molecular formula is C24H29N7O. The Morgan fingerprint density at radius 1 is 1.12 bits per heavy atom. The second-order valence-corrected chi connectivity index (χ2v) is 8.89. The van der Waals surface area contributed by atoms with Crippen molar-refractivity contribution in [3.05, 3.63) is 81.7 Å². The summed E-state index contributed by atoms with van der Waals surface area (Å²) in [6, 6.07) is 12.0. The van der Waals surface area contributed by atoms with Crippen LogP contribution in [0.3, 0.4) is 0 Å². The van der Waals surface area contributed by atoms with E-state index >= 15 is 0 Å². The van der Waals surface area contributed by atoms with Crippen LogP contribution in [0.4, 0.5) is 0 Å². The fourth-order valence-corrected chi connectivity index (χ4v) is 3.76. The molecule has 4 rings (SSSR count). The first kappa shape index (κ1) is 21.8. The molecule has 8 heteroatoms. The van der Waals surface area contributed by atoms with E-state index in [9.17, 15) is 4.79 Å². The summed E-state index contributed by atoms with van der Waals surface area (Å²) in [5.74, 6) is 0.772. The maximum Gasteiger partial charge on any atom is 0.252 e. The number of hydrogen-bond donors (Lipinski definition) is 1. The first-order valence-electron chi connectivity index (χ1n) is 10.9. The Morgan fingerprint density at radius 2 is 1.97 bits per heavy atom. The molecule has 3 aromatic heterocycles. The van der Waals surface area contributed by atoms with Crippen molar-refractivity contribution in [1.29, 1.82) is 0 Å². The smallest absolute Gasteiger partial charge is 0.252 e. The zero-order valence-electron chi connectivity index (χ0n) is 19.0. The van der Waals surface area contributed by atoms with Crippen molar-refractivity contribution in [3.8, 4) is 0 Å². The van der Waals surface area contributed by atoms with Gasteiger partial charge < -0.3 is 4.98 Å². The fourth-order valence-electron chi connectivity index (χ4n) is 3.76. The lowest BCUT2D eigenvalue weighted by molar-refractivity contribution is 0.216. The quantitative estimate of drug-likeness (QED) is 0.459. The lowest BCUT2D eigenvalue weighted by atomic mass is 10.0. The van der Waals surface area contributed by atoms with E-state index in [1.807, 2.05) is 48.1 Å². The summed E-state index contributed by atoms with van der Waals surface area (Å²) in [6.07, 6.45) is 4.50. The van der Waals surface area contributed by atoms with E-state index in [0.717, 1.165) is 34.3 Å². The van der Waals surface area contributed by atoms with Crippen LogP contribution in [0, 0.1) is 6.92 Å². The highest BCUT2D eigenvalue weighted by Gasteiger charge is 2.24. The van der Waals surface area contributed by atoms with Crippen molar-refractivity contribution < 1.29 is 0 Å². The minimum Gasteiger partial charge on any atom is -0.322 e. The molecule has 0 aliphatic heterocycles. The van der Waals surface area contributed by atoms with E-state index < -0.39 is 0 Å². The van der Waals surface area contributed by atoms with Crippen molar-refractivity contribution in [2.24, 2.45) is 0 Å². The van der Waals surface area contributed by atoms with E-state index in [2.05, 4.69) is 57.2 Å². The largest absolute Gasteiger partial charge is 0.322 e. The number of nitrogens with one attached hydrogen (secondary N) is 1. The molecule has 3 heterocycles. The van der Waals surface area contributed by atoms with Gasteiger partial charge >= 0.3 is 0 Å². The Labute approximate surface area is 187 Å². The van der Waals surface area contributed by atoms with Crippen molar-refractivity contribution >= 4 is 10.9 Å². The van der Waals surface area contributed by atoms with Gasteiger partial charge in [-0.05, 0) is 72.3 Å². The van der Waals surface area contributed by atoms with Gasteiger partial charge in [0.15, 0.2) is 5.82 Å². The van der Waals surface area contributed by atoms with E-state index in [0.29, 0.717) is 25.2 Å². The van der Waals surface area contributed by atoms with Crippen LogP contribution in [-0.2, 0) is 25.2 Å². The first-order valence-corrected chi connectivity index (χ1v) is 10.9. The molecule has 166 valence electrons. The number of nitrogens with zero attached hydrogens (tertiary/aromatic N) is 6. The molecule has 0 amide bonds. The number of aromatic amines is 1. The monoisotopic (exact) mass is 431 g/mol. The number of aromatic nitrogens is 6. The molecule has 1 N–H and O–H groups in total. The minimum atomic E-state index is -0.197. The third kappa shape index (κ3) is 4.75. The summed E-state index contributed by atoms with van der Waals surface area (Å²) in [5.41, 5.74) is 3.47. The molecule has 32 heavy (non-hydrogen) atoms. The average molecular weight is 432 g/mol. The molecule has 8 nitrogen and oxygen atoms in total. The molecule has 0 bridgehead atoms. The predicted octanol–water partition coefficient (Wildman–Crippen LogP) is 3.57. The van der Waals surface area contributed by atoms with Gasteiger partial charge in [0.25, 0.3) is 5.56 Å². The van der Waals surface area contributed by atoms with Gasteiger partial charge in [0, 0.05) is 36.6 Å². The van der Waals surface area contributed by atoms with Gasteiger partial charge in [0.1, 0.15) is 0 Å². The van der Waals surface area contributed by atoms with Crippen LogP contribution >= 0.6 is 0 Å². The number of tetrazole rings is 1. The fraction of sp³-hybridized carbons (Fsp3) is 0.375. The standard InChI is InChI=1S/C24H29N7O/c1-5-24(3,4)31-22(27-28-29-31)16-30(14-18-7-6-10-25-13-18)15-20-12-19-9-8-17(2)11-21(19)26-23(20)32/h6-13H,5,14-16H2,1-4H3,(H,26,32). The van der Waals surface area contributed by atoms with Gasteiger partial charge in [-0.2, -0.15) is 0 Å². The van der Waals surface area contributed by atoms with Crippen LogP contribution in [0.2, 0.25) is 0 Å². The summed E-state index contributed by atoms with van der Waals surface area (Å²) in [7, 11) is 0. The Balaban J connectivity index is 1.67. The van der Waals surface area contributed by atoms with Gasteiger partial charge in [0.05, 0.1) is 12.1 Å². The summed E-state index contributed by atoms with van der Waals surface area (Å²) >= 11 is 0. The third-order valence-electron chi connectivity index (χ3n) is 5.94. The Kier molecular flexibility index (Phi) is 6.14. The molecule has 0 radical (unpaired) electrons. The molecular weight excluding hydrogens is 402 g/mol. The van der Waals surface area contributed by atoms with Gasteiger partial charge in [-0.3, -0.25) is 14.7 Å². The minimum absolute atomic E-state index is 0.0761. The molecule has 1 aromatic carbocycles. The second-order valence-electron chi connectivity index (χ2n) is 8.89. The van der Waals surface area contributed by atoms with Gasteiger partial charge in [-0.25, -0.2) is 4.68 Å². The maximum atomic E-state index is 12.9. The number of hydrogen-bond acceptors (Lipinski definition) is 6. The molecule has 0 spiro atoms. The Hall–Kier alpha value is -3.39. The number of fused-ring (bicyclic) bond motifs is 1. The maximum absolute atomic E-state index is 12.9. The number of aryl methyl sites for hydroxylation is 1. The van der Waals surface area contributed by atoms with Crippen LogP contribution in [0.15, 0.2) is 53.6 Å². The molecule has 0 unspecified atom stereocenters. The Morgan fingerprint density at radius 3 is 2.72 bits per heavy atom. The Bertz CT molecular complexity index is 1260. The summed E-state index contributed by atoms with van der Waals surface area (Å²) < 4.78 is 1.89. The number of rotatable bonds is 8. The lowest BCUT2D eigenvalue weighted by Gasteiger charge is -2.27. The molecule has 0 atom stereocenters. The summed E-state index contributed by atoms with van der Waals surface area (Å²) in [6.45, 7) is 9.98. The van der Waals surface area contributed by atoms with E-state index in [4.69, 9.17) is 0 Å². The molecule has 0 aliphatic carbocycles. The van der Waals surface area contributed by atoms with Crippen LogP contribution in [0.1, 0.15) is 49.7 Å². The van der Waals surface area contributed by atoms with Gasteiger partial charge in [0.2, 0.25) is 0 Å². The van der Waals surface area contributed by atoms with Crippen LogP contribution in [0.5, 0.6) is 0 Å². The zero-order chi connectivity index (χ0) is 22.7. The SMILES string of the molecule is CCC(C)(C)n1nnnc1CN(Cc1cccnc1)Cc1cc2ccc(C)cc2[nH]c1=O. The second kappa shape index (κ2) is 9.00. The predicted molar refractivity (Wildman–Crippen MR) is 124 cm³/mol. The van der Waals surface area contributed by atoms with Gasteiger partial charge in [-0.1, -0.05) is 25.1 Å². The number of benzene rings is 1. The van der Waals surface area contributed by atoms with Crippen molar-refractivity contribution in [3.63, 3.8) is 0 Å². The molecule has 0 fully saturated rings. The van der Waals surface area contributed by atoms with Crippen LogP contribution in [-0.4, -0.2) is 35.1 Å². The first-order chi connectivity index (χ1) is 15.4. The summed E-state index contributed by atoms with van der Waals surface area (Å²) in [4.78, 5) is 22.3. The van der Waals surface area contributed by atoms with Crippen LogP contribution in [0.25, 0.3) is 10.9 Å². The molecule has 0 aliphatic rings. The lowest BCUT2D eigenvalue weighted by Crippen LogP contribution is -2.32. The average Bonchev–Trinajstić information content (AvgIpc) is 3.24. The van der Waals surface area contributed by atoms with Crippen molar-refractivity contribution in [2.45, 2.75) is 59.3 Å². The molecule has 4 aromatic rings. The van der Waals surface area contributed by atoms with E-state index in [-0.39, 0.29) is 11.1 Å². The zero-order valence-corrected chi connectivity index (χ0v) is 19.0. The topological polar surface area (TPSA) is 92.6 Å². The summed E-state index contributed by atoms with van der Waals surface area (Å²) in [5, 5.41) is 13.5. The molecule has 0 saturated carbocycles. The molecule has 0 saturated heterocycles. The number of pyridine rings is 2. The third-order valence-corrected chi connectivity index (χ3v) is 5.94. The number of H-pyrrole nitrogens is 1. The van der Waals surface area contributed by atoms with Crippen molar-refractivity contribution in [2.75, 3.05) is 0 Å². The highest BCUT2D eigenvalue weighted by Crippen LogP contribution is 2.21. The highest BCUT2D eigenvalue weighted by atomic mass is 16.1. The van der Waals surface area contributed by atoms with Crippen molar-refractivity contribution in [1.82, 2.24) is 35.1 Å². The van der Waals surface area contributed by atoms with Crippen LogP contribution < -0.4 is 5.56 Å². The van der Waals surface area contributed by atoms with E-state index in [1.165, 1.54) is 0 Å². The highest BCUT2D eigenvalue weighted by molar-refractivity contribution is 5.79. The van der Waals surface area contributed by atoms with E-state index in [1.54, 1.807) is 6.20 Å². The normalized spacial score (nSPS) is 12.0.